The summed E-state index contributed by atoms with van der Waals surface area (Å²) >= 11 is 0. The van der Waals surface area contributed by atoms with Crippen molar-refractivity contribution in [3.63, 3.8) is 0 Å². The van der Waals surface area contributed by atoms with Gasteiger partial charge in [0, 0.05) is 49.5 Å². The summed E-state index contributed by atoms with van der Waals surface area (Å²) in [6, 6.07) is 15.8. The molecule has 1 aliphatic rings. The minimum absolute atomic E-state index is 0.108. The van der Waals surface area contributed by atoms with Crippen molar-refractivity contribution < 1.29 is 4.79 Å². The summed E-state index contributed by atoms with van der Waals surface area (Å²) in [5, 5.41) is 0. The first-order valence-corrected chi connectivity index (χ1v) is 11.6. The smallest absolute Gasteiger partial charge is 0.259 e. The Kier molecular flexibility index (Phi) is 7.15. The Morgan fingerprint density at radius 2 is 1.59 bits per heavy atom. The number of hydrogen-bond acceptors (Lipinski definition) is 3. The van der Waals surface area contributed by atoms with Gasteiger partial charge in [-0.1, -0.05) is 43.2 Å². The molecule has 3 aromatic rings. The van der Waals surface area contributed by atoms with Crippen LogP contribution in [0.5, 0.6) is 0 Å². The summed E-state index contributed by atoms with van der Waals surface area (Å²) in [7, 11) is 0. The second-order valence-electron chi connectivity index (χ2n) is 8.61. The summed E-state index contributed by atoms with van der Waals surface area (Å²) in [6.45, 7) is 4.02. The van der Waals surface area contributed by atoms with E-state index in [9.17, 15) is 9.59 Å². The molecule has 0 N–H and O–H groups in total. The first kappa shape index (κ1) is 22.0. The van der Waals surface area contributed by atoms with Gasteiger partial charge in [0.2, 0.25) is 0 Å². The number of carbonyl (C=O) groups is 1. The largest absolute Gasteiger partial charge is 0.343 e. The fourth-order valence-corrected chi connectivity index (χ4v) is 4.55. The lowest BCUT2D eigenvalue weighted by molar-refractivity contribution is 0.0758. The fourth-order valence-electron chi connectivity index (χ4n) is 4.55. The highest BCUT2D eigenvalue weighted by atomic mass is 16.2. The zero-order valence-corrected chi connectivity index (χ0v) is 18.8. The van der Waals surface area contributed by atoms with Gasteiger partial charge < -0.3 is 9.47 Å². The fraction of sp³-hybridized carbons (Fsp3) is 0.370. The van der Waals surface area contributed by atoms with Gasteiger partial charge in [-0.05, 0) is 55.9 Å². The maximum Gasteiger partial charge on any atom is 0.259 e. The van der Waals surface area contributed by atoms with E-state index in [2.05, 4.69) is 21.7 Å². The molecule has 0 bridgehead atoms. The zero-order chi connectivity index (χ0) is 22.3. The molecular weight excluding hydrogens is 398 g/mol. The van der Waals surface area contributed by atoms with Gasteiger partial charge in [0.1, 0.15) is 5.56 Å². The number of amides is 1. The second-order valence-corrected chi connectivity index (χ2v) is 8.61. The zero-order valence-electron chi connectivity index (χ0n) is 18.8. The SMILES string of the molecule is Cc1cc(=O)c(C(=O)N2CCCCCC2)c(CCc2ccccc2)n1Cc1ccncc1. The molecule has 5 heteroatoms. The van der Waals surface area contributed by atoms with Crippen LogP contribution < -0.4 is 5.43 Å². The number of carbonyl (C=O) groups excluding carboxylic acids is 1. The molecule has 0 spiro atoms. The molecule has 32 heavy (non-hydrogen) atoms. The highest BCUT2D eigenvalue weighted by Crippen LogP contribution is 2.19. The minimum atomic E-state index is -0.161. The predicted molar refractivity (Wildman–Crippen MR) is 127 cm³/mol. The van der Waals surface area contributed by atoms with Crippen LogP contribution >= 0.6 is 0 Å². The van der Waals surface area contributed by atoms with Crippen LogP contribution in [0.3, 0.4) is 0 Å². The van der Waals surface area contributed by atoms with Crippen LogP contribution in [0.4, 0.5) is 0 Å². The maximum absolute atomic E-state index is 13.6. The average Bonchev–Trinajstić information content (AvgIpc) is 3.10. The monoisotopic (exact) mass is 429 g/mol. The van der Waals surface area contributed by atoms with E-state index in [4.69, 9.17) is 0 Å². The molecular formula is C27H31N3O2. The lowest BCUT2D eigenvalue weighted by Gasteiger charge is -2.25. The van der Waals surface area contributed by atoms with Crippen molar-refractivity contribution in [2.45, 2.75) is 52.0 Å². The van der Waals surface area contributed by atoms with Crippen LogP contribution in [-0.2, 0) is 19.4 Å². The van der Waals surface area contributed by atoms with Crippen LogP contribution in [-0.4, -0.2) is 33.4 Å². The van der Waals surface area contributed by atoms with E-state index in [1.807, 2.05) is 42.2 Å². The molecule has 3 heterocycles. The van der Waals surface area contributed by atoms with Crippen LogP contribution in [0.1, 0.15) is 58.6 Å². The van der Waals surface area contributed by atoms with Crippen molar-refractivity contribution in [1.29, 1.82) is 0 Å². The molecule has 1 saturated heterocycles. The molecule has 5 nitrogen and oxygen atoms in total. The van der Waals surface area contributed by atoms with Crippen molar-refractivity contribution in [2.75, 3.05) is 13.1 Å². The molecule has 1 aliphatic heterocycles. The highest BCUT2D eigenvalue weighted by molar-refractivity contribution is 5.95. The third-order valence-corrected chi connectivity index (χ3v) is 6.32. The third kappa shape index (κ3) is 5.16. The summed E-state index contributed by atoms with van der Waals surface area (Å²) < 4.78 is 2.14. The Morgan fingerprint density at radius 1 is 0.906 bits per heavy atom. The van der Waals surface area contributed by atoms with Gasteiger partial charge in [-0.2, -0.15) is 0 Å². The molecule has 0 aliphatic carbocycles. The summed E-state index contributed by atoms with van der Waals surface area (Å²) in [5.41, 5.74) is 4.20. The predicted octanol–water partition coefficient (Wildman–Crippen LogP) is 4.40. The van der Waals surface area contributed by atoms with E-state index in [0.29, 0.717) is 18.5 Å². The van der Waals surface area contributed by atoms with E-state index in [1.54, 1.807) is 18.5 Å². The molecule has 0 unspecified atom stereocenters. The van der Waals surface area contributed by atoms with Crippen molar-refractivity contribution in [3.8, 4) is 0 Å². The minimum Gasteiger partial charge on any atom is -0.343 e. The van der Waals surface area contributed by atoms with Crippen LogP contribution in [0.2, 0.25) is 0 Å². The van der Waals surface area contributed by atoms with Gasteiger partial charge in [-0.15, -0.1) is 0 Å². The molecule has 1 fully saturated rings. The van der Waals surface area contributed by atoms with Crippen LogP contribution in [0.15, 0.2) is 65.7 Å². The van der Waals surface area contributed by atoms with Crippen LogP contribution in [0, 0.1) is 6.92 Å². The van der Waals surface area contributed by atoms with Crippen molar-refractivity contribution in [2.24, 2.45) is 0 Å². The number of aryl methyl sites for hydroxylation is 2. The molecule has 1 amide bonds. The van der Waals surface area contributed by atoms with E-state index in [-0.39, 0.29) is 11.3 Å². The number of likely N-dealkylation sites (tertiary alicyclic amines) is 1. The Labute approximate surface area is 189 Å². The molecule has 0 saturated carbocycles. The first-order valence-electron chi connectivity index (χ1n) is 11.6. The summed E-state index contributed by atoms with van der Waals surface area (Å²) in [5.74, 6) is -0.108. The first-order chi connectivity index (χ1) is 15.6. The van der Waals surface area contributed by atoms with Gasteiger partial charge in [0.25, 0.3) is 5.91 Å². The Bertz CT molecular complexity index is 1100. The topological polar surface area (TPSA) is 55.2 Å². The van der Waals surface area contributed by atoms with Gasteiger partial charge in [-0.3, -0.25) is 14.6 Å². The molecule has 1 aromatic carbocycles. The second kappa shape index (κ2) is 10.4. The number of hydrogen-bond donors (Lipinski definition) is 0. The van der Waals surface area contributed by atoms with Gasteiger partial charge in [-0.25, -0.2) is 0 Å². The maximum atomic E-state index is 13.6. The van der Waals surface area contributed by atoms with E-state index in [0.717, 1.165) is 62.1 Å². The van der Waals surface area contributed by atoms with Crippen molar-refractivity contribution in [3.05, 3.63) is 99.2 Å². The van der Waals surface area contributed by atoms with E-state index >= 15 is 0 Å². The number of aromatic nitrogens is 2. The third-order valence-electron chi connectivity index (χ3n) is 6.32. The Morgan fingerprint density at radius 3 is 2.28 bits per heavy atom. The average molecular weight is 430 g/mol. The number of rotatable bonds is 6. The van der Waals surface area contributed by atoms with E-state index < -0.39 is 0 Å². The van der Waals surface area contributed by atoms with Crippen molar-refractivity contribution in [1.82, 2.24) is 14.5 Å². The lowest BCUT2D eigenvalue weighted by Crippen LogP contribution is -2.37. The molecule has 2 aromatic heterocycles. The highest BCUT2D eigenvalue weighted by Gasteiger charge is 2.25. The standard InChI is InChI=1S/C27H31N3O2/c1-21-19-25(31)26(27(32)29-17-7-2-3-8-18-29)24(12-11-22-9-5-4-6-10-22)30(21)20-23-13-15-28-16-14-23/h4-6,9-10,13-16,19H,2-3,7-8,11-12,17-18,20H2,1H3. The van der Waals surface area contributed by atoms with Gasteiger partial charge in [0.15, 0.2) is 5.43 Å². The molecule has 166 valence electrons. The number of pyridine rings is 2. The molecule has 0 atom stereocenters. The molecule has 0 radical (unpaired) electrons. The summed E-state index contributed by atoms with van der Waals surface area (Å²) in [4.78, 5) is 32.8. The quantitative estimate of drug-likeness (QED) is 0.584. The number of benzene rings is 1. The van der Waals surface area contributed by atoms with Gasteiger partial charge in [0.05, 0.1) is 0 Å². The molecule has 4 rings (SSSR count). The van der Waals surface area contributed by atoms with Crippen molar-refractivity contribution >= 4 is 5.91 Å². The Balaban J connectivity index is 1.76. The summed E-state index contributed by atoms with van der Waals surface area (Å²) in [6.07, 6.45) is 9.27. The lowest BCUT2D eigenvalue weighted by atomic mass is 10.0. The Hall–Kier alpha value is -3.21. The van der Waals surface area contributed by atoms with Crippen LogP contribution in [0.25, 0.3) is 0 Å². The number of nitrogens with zero attached hydrogens (tertiary/aromatic N) is 3. The van der Waals surface area contributed by atoms with E-state index in [1.165, 1.54) is 5.56 Å². The normalized spacial score (nSPS) is 14.2. The van der Waals surface area contributed by atoms with Gasteiger partial charge >= 0.3 is 0 Å².